The Morgan fingerprint density at radius 3 is 3.05 bits per heavy atom. The van der Waals surface area contributed by atoms with Gasteiger partial charge in [-0.25, -0.2) is 0 Å². The van der Waals surface area contributed by atoms with E-state index in [1.54, 1.807) is 6.07 Å². The summed E-state index contributed by atoms with van der Waals surface area (Å²) in [4.78, 5) is 23.6. The second kappa shape index (κ2) is 3.75. The van der Waals surface area contributed by atoms with Crippen molar-refractivity contribution in [2.24, 2.45) is 5.18 Å². The number of hydrogen-bond acceptors (Lipinski definition) is 6. The van der Waals surface area contributed by atoms with Gasteiger partial charge in [-0.2, -0.15) is 0 Å². The smallest absolute Gasteiger partial charge is 0.174 e. The molecular weight excluding hydrogens is 284 g/mol. The minimum atomic E-state index is -0.996. The van der Waals surface area contributed by atoms with Crippen LogP contribution >= 0.6 is 0 Å². The van der Waals surface area contributed by atoms with Gasteiger partial charge in [0.05, 0.1) is 11.0 Å². The Balaban J connectivity index is 1.89. The molecule has 2 heterocycles. The van der Waals surface area contributed by atoms with E-state index in [9.17, 15) is 14.8 Å². The molecule has 6 nitrogen and oxygen atoms in total. The van der Waals surface area contributed by atoms with Gasteiger partial charge in [0, 0.05) is 18.0 Å². The second-order valence-corrected chi connectivity index (χ2v) is 6.86. The Morgan fingerprint density at radius 2 is 2.23 bits per heavy atom. The zero-order chi connectivity index (χ0) is 15.1. The molecule has 4 unspecified atom stereocenters. The van der Waals surface area contributed by atoms with Crippen molar-refractivity contribution in [1.82, 2.24) is 5.32 Å². The highest BCUT2D eigenvalue weighted by atomic mass is 16.5. The van der Waals surface area contributed by atoms with Gasteiger partial charge in [0.2, 0.25) is 0 Å². The predicted molar refractivity (Wildman–Crippen MR) is 77.3 cm³/mol. The van der Waals surface area contributed by atoms with Crippen molar-refractivity contribution in [2.45, 2.75) is 48.8 Å². The number of ether oxygens (including phenoxy) is 1. The number of benzene rings is 1. The number of piperidine rings is 1. The fourth-order valence-corrected chi connectivity index (χ4v) is 5.30. The van der Waals surface area contributed by atoms with E-state index in [1.165, 1.54) is 0 Å². The van der Waals surface area contributed by atoms with Gasteiger partial charge in [0.1, 0.15) is 5.69 Å². The largest absolute Gasteiger partial charge is 0.479 e. The third-order valence-electron chi connectivity index (χ3n) is 6.18. The molecule has 2 fully saturated rings. The van der Waals surface area contributed by atoms with E-state index in [0.717, 1.165) is 17.7 Å². The topological polar surface area (TPSA) is 88.0 Å². The molecule has 2 aliphatic heterocycles. The summed E-state index contributed by atoms with van der Waals surface area (Å²) in [6, 6.07) is 3.47. The number of Topliss-reactive ketones (excluding diaryl/α,β-unsaturated/α-hetero) is 1. The maximum absolute atomic E-state index is 12.5. The zero-order valence-corrected chi connectivity index (χ0v) is 12.0. The van der Waals surface area contributed by atoms with Crippen LogP contribution in [-0.4, -0.2) is 35.2 Å². The zero-order valence-electron chi connectivity index (χ0n) is 12.0. The maximum Gasteiger partial charge on any atom is 0.174 e. The summed E-state index contributed by atoms with van der Waals surface area (Å²) < 4.78 is 5.95. The van der Waals surface area contributed by atoms with Gasteiger partial charge in [0.15, 0.2) is 17.6 Å². The van der Waals surface area contributed by atoms with E-state index in [-0.39, 0.29) is 17.5 Å². The SMILES string of the molecule is O=Nc1ccc2c3c1OC1C(=O)CCC4(O)C(C2)NCCC314. The Bertz CT molecular complexity index is 733. The first-order valence-corrected chi connectivity index (χ1v) is 7.77. The van der Waals surface area contributed by atoms with Crippen LogP contribution < -0.4 is 10.1 Å². The van der Waals surface area contributed by atoms with Crippen LogP contribution in [0.2, 0.25) is 0 Å². The molecule has 114 valence electrons. The molecule has 2 aliphatic carbocycles. The molecule has 1 spiro atoms. The quantitative estimate of drug-likeness (QED) is 0.758. The molecule has 1 aromatic carbocycles. The number of aliphatic hydroxyl groups is 1. The lowest BCUT2D eigenvalue weighted by molar-refractivity contribution is -0.166. The Kier molecular flexibility index (Phi) is 2.17. The number of hydrogen-bond donors (Lipinski definition) is 2. The fourth-order valence-electron chi connectivity index (χ4n) is 5.30. The summed E-state index contributed by atoms with van der Waals surface area (Å²) in [5, 5.41) is 18.0. The van der Waals surface area contributed by atoms with Crippen molar-refractivity contribution < 1.29 is 14.6 Å². The molecule has 6 heteroatoms. The number of nitrogens with one attached hydrogen (secondary N) is 1. The highest BCUT2D eigenvalue weighted by Gasteiger charge is 2.71. The van der Waals surface area contributed by atoms with Crippen LogP contribution in [0.15, 0.2) is 17.3 Å². The lowest BCUT2D eigenvalue weighted by atomic mass is 9.49. The molecule has 2 bridgehead atoms. The highest BCUT2D eigenvalue weighted by Crippen LogP contribution is 2.63. The number of rotatable bonds is 1. The Labute approximate surface area is 126 Å². The van der Waals surface area contributed by atoms with Crippen molar-refractivity contribution >= 4 is 11.5 Å². The maximum atomic E-state index is 12.5. The summed E-state index contributed by atoms with van der Waals surface area (Å²) in [5.41, 5.74) is 0.435. The predicted octanol–water partition coefficient (Wildman–Crippen LogP) is 1.10. The average molecular weight is 300 g/mol. The number of nitroso groups, excluding NO2 is 1. The summed E-state index contributed by atoms with van der Waals surface area (Å²) in [6.45, 7) is 0.734. The molecule has 4 atom stereocenters. The first-order chi connectivity index (χ1) is 10.6. The molecule has 5 rings (SSSR count). The van der Waals surface area contributed by atoms with Gasteiger partial charge in [-0.1, -0.05) is 6.07 Å². The molecule has 1 aromatic rings. The van der Waals surface area contributed by atoms with Crippen LogP contribution in [0.25, 0.3) is 0 Å². The first kappa shape index (κ1) is 12.7. The first-order valence-electron chi connectivity index (χ1n) is 7.77. The van der Waals surface area contributed by atoms with Crippen LogP contribution in [0, 0.1) is 4.91 Å². The third-order valence-corrected chi connectivity index (χ3v) is 6.18. The second-order valence-electron chi connectivity index (χ2n) is 6.86. The molecule has 0 amide bonds. The summed E-state index contributed by atoms with van der Waals surface area (Å²) >= 11 is 0. The van der Waals surface area contributed by atoms with Crippen molar-refractivity contribution in [3.8, 4) is 5.75 Å². The van der Waals surface area contributed by atoms with Gasteiger partial charge in [-0.05, 0) is 42.6 Å². The van der Waals surface area contributed by atoms with E-state index in [0.29, 0.717) is 31.4 Å². The summed E-state index contributed by atoms with van der Waals surface area (Å²) in [5.74, 6) is 0.442. The molecule has 0 aromatic heterocycles. The van der Waals surface area contributed by atoms with E-state index in [4.69, 9.17) is 4.74 Å². The monoisotopic (exact) mass is 300 g/mol. The molecule has 4 aliphatic rings. The van der Waals surface area contributed by atoms with Gasteiger partial charge in [-0.15, -0.1) is 4.91 Å². The summed E-state index contributed by atoms with van der Waals surface area (Å²) in [6.07, 6.45) is 1.39. The third kappa shape index (κ3) is 1.13. The van der Waals surface area contributed by atoms with Crippen molar-refractivity contribution in [2.75, 3.05) is 6.54 Å². The minimum absolute atomic E-state index is 0.0197. The fraction of sp³-hybridized carbons (Fsp3) is 0.562. The molecule has 2 N–H and O–H groups in total. The lowest BCUT2D eigenvalue weighted by Crippen LogP contribution is -2.76. The van der Waals surface area contributed by atoms with Gasteiger partial charge in [0.25, 0.3) is 0 Å². The van der Waals surface area contributed by atoms with Crippen molar-refractivity contribution in [3.05, 3.63) is 28.2 Å². The van der Waals surface area contributed by atoms with E-state index >= 15 is 0 Å². The van der Waals surface area contributed by atoms with Crippen molar-refractivity contribution in [1.29, 1.82) is 0 Å². The molecule has 1 saturated heterocycles. The summed E-state index contributed by atoms with van der Waals surface area (Å²) in [7, 11) is 0. The standard InChI is InChI=1S/C16H16N2O4/c19-10-3-4-16(20)11-7-8-1-2-9(18-21)13-12(8)15(16,5-6-17-11)14(10)22-13/h1-2,11,14,17,20H,3-7H2. The Morgan fingerprint density at radius 1 is 1.36 bits per heavy atom. The van der Waals surface area contributed by atoms with Crippen LogP contribution in [0.1, 0.15) is 30.4 Å². The minimum Gasteiger partial charge on any atom is -0.479 e. The van der Waals surface area contributed by atoms with E-state index in [1.807, 2.05) is 6.07 Å². The van der Waals surface area contributed by atoms with Crippen LogP contribution in [0.4, 0.5) is 5.69 Å². The van der Waals surface area contributed by atoms with Crippen molar-refractivity contribution in [3.63, 3.8) is 0 Å². The van der Waals surface area contributed by atoms with E-state index < -0.39 is 17.1 Å². The Hall–Kier alpha value is -1.79. The van der Waals surface area contributed by atoms with Crippen LogP contribution in [0.5, 0.6) is 5.75 Å². The van der Waals surface area contributed by atoms with Crippen LogP contribution in [0.3, 0.4) is 0 Å². The highest BCUT2D eigenvalue weighted by molar-refractivity contribution is 5.90. The molecular formula is C16H16N2O4. The lowest BCUT2D eigenvalue weighted by Gasteiger charge is -2.59. The number of ketones is 1. The normalized spacial score (nSPS) is 40.9. The van der Waals surface area contributed by atoms with Gasteiger partial charge >= 0.3 is 0 Å². The van der Waals surface area contributed by atoms with Crippen LogP contribution in [-0.2, 0) is 16.6 Å². The average Bonchev–Trinajstić information content (AvgIpc) is 2.85. The molecule has 0 radical (unpaired) electrons. The number of carbonyl (C=O) groups excluding carboxylic acids is 1. The van der Waals surface area contributed by atoms with Gasteiger partial charge in [-0.3, -0.25) is 4.79 Å². The number of carbonyl (C=O) groups is 1. The van der Waals surface area contributed by atoms with E-state index in [2.05, 4.69) is 10.5 Å². The van der Waals surface area contributed by atoms with Gasteiger partial charge < -0.3 is 15.2 Å². The number of nitrogens with zero attached hydrogens (tertiary/aromatic N) is 1. The molecule has 1 saturated carbocycles. The molecule has 22 heavy (non-hydrogen) atoms.